The molecule has 78 valence electrons. The molecule has 0 saturated heterocycles. The van der Waals surface area contributed by atoms with Gasteiger partial charge in [0.15, 0.2) is 0 Å². The normalized spacial score (nSPS) is 10.1. The Morgan fingerprint density at radius 3 is 2.93 bits per heavy atom. The van der Waals surface area contributed by atoms with Crippen LogP contribution in [-0.2, 0) is 4.79 Å². The minimum absolute atomic E-state index is 0.00880. The van der Waals surface area contributed by atoms with Crippen molar-refractivity contribution in [2.45, 2.75) is 39.0 Å². The number of nitrogens with one attached hydrogen (secondary N) is 1. The average molecular weight is 198 g/mol. The average Bonchev–Trinajstić information content (AvgIpc) is 2.65. The quantitative estimate of drug-likeness (QED) is 0.546. The molecule has 1 rings (SSSR count). The molecule has 0 unspecified atom stereocenters. The number of aromatic nitrogens is 4. The van der Waals surface area contributed by atoms with Gasteiger partial charge in [-0.1, -0.05) is 36.4 Å². The minimum Gasteiger partial charge on any atom is -0.389 e. The highest BCUT2D eigenvalue weighted by Gasteiger charge is 2.06. The molecular weight excluding hydrogens is 184 g/mol. The Kier molecular flexibility index (Phi) is 4.60. The van der Waals surface area contributed by atoms with E-state index in [9.17, 15) is 4.79 Å². The summed E-state index contributed by atoms with van der Waals surface area (Å²) in [4.78, 5) is 11.1. The summed E-state index contributed by atoms with van der Waals surface area (Å²) < 4.78 is 4.78. The van der Waals surface area contributed by atoms with E-state index in [0.29, 0.717) is 6.42 Å². The van der Waals surface area contributed by atoms with Gasteiger partial charge >= 0.3 is 12.0 Å². The zero-order valence-electron chi connectivity index (χ0n) is 8.19. The molecule has 6 heteroatoms. The van der Waals surface area contributed by atoms with Gasteiger partial charge in [0.1, 0.15) is 0 Å². The molecule has 14 heavy (non-hydrogen) atoms. The van der Waals surface area contributed by atoms with Gasteiger partial charge in [-0.05, 0) is 11.6 Å². The van der Waals surface area contributed by atoms with Crippen LogP contribution in [0.1, 0.15) is 39.0 Å². The van der Waals surface area contributed by atoms with Gasteiger partial charge in [-0.15, -0.1) is 0 Å². The van der Waals surface area contributed by atoms with E-state index in [1.807, 2.05) is 0 Å². The molecule has 1 aromatic rings. The number of hydrogen-bond donors (Lipinski definition) is 1. The molecule has 0 aliphatic carbocycles. The number of esters is 1. The van der Waals surface area contributed by atoms with Crippen LogP contribution in [0.3, 0.4) is 0 Å². The molecular formula is C8H14N4O2. The molecule has 1 aromatic heterocycles. The lowest BCUT2D eigenvalue weighted by atomic mass is 10.2. The summed E-state index contributed by atoms with van der Waals surface area (Å²) in [5, 5.41) is 12.5. The predicted octanol–water partition coefficient (Wildman–Crippen LogP) is 1.08. The van der Waals surface area contributed by atoms with Gasteiger partial charge in [0.05, 0.1) is 0 Å². The third-order valence-corrected chi connectivity index (χ3v) is 1.77. The first kappa shape index (κ1) is 10.6. The Labute approximate surface area is 82.0 Å². The molecule has 0 fully saturated rings. The van der Waals surface area contributed by atoms with Crippen LogP contribution in [-0.4, -0.2) is 26.6 Å². The number of ether oxygens (including phenoxy) is 1. The van der Waals surface area contributed by atoms with Crippen molar-refractivity contribution < 1.29 is 9.53 Å². The van der Waals surface area contributed by atoms with E-state index in [2.05, 4.69) is 27.5 Å². The van der Waals surface area contributed by atoms with E-state index in [4.69, 9.17) is 4.74 Å². The summed E-state index contributed by atoms with van der Waals surface area (Å²) in [7, 11) is 0. The SMILES string of the molecule is CCCCCCC(=O)Oc1nn[nH]n1. The first-order chi connectivity index (χ1) is 6.83. The lowest BCUT2D eigenvalue weighted by molar-refractivity contribution is -0.135. The van der Waals surface area contributed by atoms with E-state index in [1.54, 1.807) is 0 Å². The smallest absolute Gasteiger partial charge is 0.363 e. The largest absolute Gasteiger partial charge is 0.389 e. The van der Waals surface area contributed by atoms with E-state index in [0.717, 1.165) is 25.7 Å². The van der Waals surface area contributed by atoms with Crippen LogP contribution in [0.5, 0.6) is 6.01 Å². The topological polar surface area (TPSA) is 80.8 Å². The van der Waals surface area contributed by atoms with E-state index in [1.165, 1.54) is 0 Å². The summed E-state index contributed by atoms with van der Waals surface area (Å²) in [5.41, 5.74) is 0. The lowest BCUT2D eigenvalue weighted by Crippen LogP contribution is -2.08. The zero-order valence-corrected chi connectivity index (χ0v) is 8.19. The summed E-state index contributed by atoms with van der Waals surface area (Å²) in [6.07, 6.45) is 4.62. The summed E-state index contributed by atoms with van der Waals surface area (Å²) in [5.74, 6) is -0.303. The van der Waals surface area contributed by atoms with Gasteiger partial charge in [-0.25, -0.2) is 0 Å². The standard InChI is InChI=1S/C8H14N4O2/c1-2-3-4-5-6-7(13)14-8-9-11-12-10-8/h2-6H2,1H3,(H,9,10,11,12). The molecule has 0 aromatic carbocycles. The maximum absolute atomic E-state index is 11.1. The number of unbranched alkanes of at least 4 members (excludes halogenated alkanes) is 3. The van der Waals surface area contributed by atoms with Crippen LogP contribution in [0.4, 0.5) is 0 Å². The van der Waals surface area contributed by atoms with E-state index in [-0.39, 0.29) is 12.0 Å². The van der Waals surface area contributed by atoms with Crippen molar-refractivity contribution >= 4 is 5.97 Å². The first-order valence-electron chi connectivity index (χ1n) is 4.77. The molecule has 0 spiro atoms. The summed E-state index contributed by atoms with van der Waals surface area (Å²) in [6, 6.07) is -0.00880. The molecule has 0 radical (unpaired) electrons. The van der Waals surface area contributed by atoms with Gasteiger partial charge < -0.3 is 4.74 Å². The fraction of sp³-hybridized carbons (Fsp3) is 0.750. The van der Waals surface area contributed by atoms with Gasteiger partial charge in [-0.3, -0.25) is 4.79 Å². The number of nitrogens with zero attached hydrogens (tertiary/aromatic N) is 3. The van der Waals surface area contributed by atoms with Crippen LogP contribution < -0.4 is 4.74 Å². The van der Waals surface area contributed by atoms with E-state index < -0.39 is 0 Å². The lowest BCUT2D eigenvalue weighted by Gasteiger charge is -1.98. The van der Waals surface area contributed by atoms with Gasteiger partial charge in [-0.2, -0.15) is 5.21 Å². The number of tetrazole rings is 1. The summed E-state index contributed by atoms with van der Waals surface area (Å²) in [6.45, 7) is 2.12. The Morgan fingerprint density at radius 1 is 1.43 bits per heavy atom. The zero-order chi connectivity index (χ0) is 10.2. The van der Waals surface area contributed by atoms with Crippen molar-refractivity contribution in [3.05, 3.63) is 0 Å². The van der Waals surface area contributed by atoms with Crippen LogP contribution in [0.25, 0.3) is 0 Å². The molecule has 0 aliphatic rings. The molecule has 1 N–H and O–H groups in total. The number of rotatable bonds is 6. The third-order valence-electron chi connectivity index (χ3n) is 1.77. The number of hydrogen-bond acceptors (Lipinski definition) is 5. The molecule has 0 amide bonds. The first-order valence-corrected chi connectivity index (χ1v) is 4.77. The Hall–Kier alpha value is -1.46. The Morgan fingerprint density at radius 2 is 2.29 bits per heavy atom. The van der Waals surface area contributed by atoms with Gasteiger partial charge in [0.25, 0.3) is 0 Å². The predicted molar refractivity (Wildman–Crippen MR) is 48.6 cm³/mol. The van der Waals surface area contributed by atoms with Gasteiger partial charge in [0, 0.05) is 6.42 Å². The van der Waals surface area contributed by atoms with Gasteiger partial charge in [0.2, 0.25) is 0 Å². The molecule has 1 heterocycles. The van der Waals surface area contributed by atoms with Crippen LogP contribution in [0.2, 0.25) is 0 Å². The molecule has 0 aliphatic heterocycles. The van der Waals surface area contributed by atoms with Crippen molar-refractivity contribution in [1.29, 1.82) is 0 Å². The second-order valence-corrected chi connectivity index (χ2v) is 2.98. The second kappa shape index (κ2) is 6.06. The summed E-state index contributed by atoms with van der Waals surface area (Å²) >= 11 is 0. The van der Waals surface area contributed by atoms with Crippen molar-refractivity contribution in [2.75, 3.05) is 0 Å². The highest BCUT2D eigenvalue weighted by Crippen LogP contribution is 2.04. The van der Waals surface area contributed by atoms with E-state index >= 15 is 0 Å². The van der Waals surface area contributed by atoms with Crippen molar-refractivity contribution in [2.24, 2.45) is 0 Å². The number of carbonyl (C=O) groups excluding carboxylic acids is 1. The molecule has 0 atom stereocenters. The number of aromatic amines is 1. The second-order valence-electron chi connectivity index (χ2n) is 2.98. The fourth-order valence-electron chi connectivity index (χ4n) is 1.04. The van der Waals surface area contributed by atoms with Crippen molar-refractivity contribution in [3.8, 4) is 6.01 Å². The Balaban J connectivity index is 2.11. The fourth-order valence-corrected chi connectivity index (χ4v) is 1.04. The maximum Gasteiger partial charge on any atom is 0.363 e. The minimum atomic E-state index is -0.303. The monoisotopic (exact) mass is 198 g/mol. The van der Waals surface area contributed by atoms with Crippen LogP contribution in [0.15, 0.2) is 0 Å². The molecule has 0 bridgehead atoms. The number of carbonyl (C=O) groups is 1. The highest BCUT2D eigenvalue weighted by molar-refractivity contribution is 5.71. The van der Waals surface area contributed by atoms with Crippen LogP contribution >= 0.6 is 0 Å². The molecule has 0 saturated carbocycles. The maximum atomic E-state index is 11.1. The third kappa shape index (κ3) is 3.97. The van der Waals surface area contributed by atoms with Crippen molar-refractivity contribution in [3.63, 3.8) is 0 Å². The number of H-pyrrole nitrogens is 1. The van der Waals surface area contributed by atoms with Crippen molar-refractivity contribution in [1.82, 2.24) is 20.6 Å². The van der Waals surface area contributed by atoms with Crippen LogP contribution in [0, 0.1) is 0 Å². The molecule has 6 nitrogen and oxygen atoms in total. The Bertz CT molecular complexity index is 260. The highest BCUT2D eigenvalue weighted by atomic mass is 16.6.